The summed E-state index contributed by atoms with van der Waals surface area (Å²) >= 11 is 3.75. The predicted octanol–water partition coefficient (Wildman–Crippen LogP) is 9.53. The fourth-order valence-electron chi connectivity index (χ4n) is 5.79. The Kier molecular flexibility index (Phi) is 3.34. The summed E-state index contributed by atoms with van der Waals surface area (Å²) in [6.07, 6.45) is 0. The lowest BCUT2D eigenvalue weighted by Crippen LogP contribution is -1.91. The molecule has 0 N–H and O–H groups in total. The first-order valence-corrected chi connectivity index (χ1v) is 13.4. The number of imidazole rings is 1. The highest BCUT2D eigenvalue weighted by molar-refractivity contribution is 7.26. The molecule has 9 rings (SSSR count). The molecule has 4 heterocycles. The SMILES string of the molecule is c1ccc2c(c1)nc1c3cc4sc5ccccc5c4cc3c3cc4sc5ccccc5c4cc3n21. The average molecular weight is 481 g/mol. The molecule has 162 valence electrons. The minimum Gasteiger partial charge on any atom is -0.292 e. The lowest BCUT2D eigenvalue weighted by Gasteiger charge is -2.10. The third kappa shape index (κ3) is 2.31. The molecule has 0 atom stereocenters. The van der Waals surface area contributed by atoms with Crippen molar-refractivity contribution in [2.75, 3.05) is 0 Å². The molecule has 0 spiro atoms. The van der Waals surface area contributed by atoms with E-state index >= 15 is 0 Å². The van der Waals surface area contributed by atoms with Crippen molar-refractivity contribution >= 4 is 101 Å². The molecule has 9 aromatic rings. The summed E-state index contributed by atoms with van der Waals surface area (Å²) in [7, 11) is 0. The van der Waals surface area contributed by atoms with Gasteiger partial charge in [0.05, 0.1) is 16.6 Å². The van der Waals surface area contributed by atoms with Crippen LogP contribution in [0.5, 0.6) is 0 Å². The van der Waals surface area contributed by atoms with Gasteiger partial charge in [0.1, 0.15) is 5.65 Å². The number of fused-ring (bicyclic) bond motifs is 14. The zero-order valence-electron chi connectivity index (χ0n) is 18.4. The van der Waals surface area contributed by atoms with E-state index in [4.69, 9.17) is 4.98 Å². The number of hydrogen-bond acceptors (Lipinski definition) is 3. The number of benzene rings is 5. The summed E-state index contributed by atoms with van der Waals surface area (Å²) in [5.41, 5.74) is 4.45. The number of rotatable bonds is 0. The first-order valence-electron chi connectivity index (χ1n) is 11.7. The van der Waals surface area contributed by atoms with E-state index in [1.807, 2.05) is 22.7 Å². The van der Waals surface area contributed by atoms with Crippen LogP contribution in [0, 0.1) is 0 Å². The summed E-state index contributed by atoms with van der Waals surface area (Å²) in [5, 5.41) is 9.08. The highest BCUT2D eigenvalue weighted by atomic mass is 32.1. The van der Waals surface area contributed by atoms with Gasteiger partial charge < -0.3 is 0 Å². The molecule has 0 fully saturated rings. The number of pyridine rings is 1. The van der Waals surface area contributed by atoms with Gasteiger partial charge in [-0.05, 0) is 53.9 Å². The molecule has 2 nitrogen and oxygen atoms in total. The van der Waals surface area contributed by atoms with Gasteiger partial charge in [-0.2, -0.15) is 0 Å². The molecule has 0 radical (unpaired) electrons. The fourth-order valence-corrected chi connectivity index (χ4v) is 8.04. The van der Waals surface area contributed by atoms with Gasteiger partial charge in [-0.3, -0.25) is 4.40 Å². The lowest BCUT2D eigenvalue weighted by molar-refractivity contribution is 1.32. The maximum atomic E-state index is 5.15. The molecule has 35 heavy (non-hydrogen) atoms. The molecule has 5 aromatic carbocycles. The minimum absolute atomic E-state index is 1.03. The van der Waals surface area contributed by atoms with Gasteiger partial charge in [-0.1, -0.05) is 48.5 Å². The Labute approximate surface area is 207 Å². The first-order chi connectivity index (χ1) is 17.3. The molecule has 4 aromatic heterocycles. The van der Waals surface area contributed by atoms with Gasteiger partial charge in [0.2, 0.25) is 0 Å². The average Bonchev–Trinajstić information content (AvgIpc) is 3.57. The lowest BCUT2D eigenvalue weighted by atomic mass is 10.0. The molecule has 0 aliphatic rings. The number of para-hydroxylation sites is 2. The second kappa shape index (κ2) is 6.36. The van der Waals surface area contributed by atoms with Gasteiger partial charge in [0, 0.05) is 51.1 Å². The summed E-state index contributed by atoms with van der Waals surface area (Å²) < 4.78 is 7.69. The van der Waals surface area contributed by atoms with E-state index in [-0.39, 0.29) is 0 Å². The number of nitrogens with zero attached hydrogens (tertiary/aromatic N) is 2. The summed E-state index contributed by atoms with van der Waals surface area (Å²) in [6, 6.07) is 35.6. The van der Waals surface area contributed by atoms with Crippen LogP contribution in [0.1, 0.15) is 0 Å². The van der Waals surface area contributed by atoms with Crippen LogP contribution < -0.4 is 0 Å². The second-order valence-corrected chi connectivity index (χ2v) is 11.4. The van der Waals surface area contributed by atoms with Gasteiger partial charge >= 0.3 is 0 Å². The van der Waals surface area contributed by atoms with Crippen molar-refractivity contribution in [3.63, 3.8) is 0 Å². The normalized spacial score (nSPS) is 12.6. The maximum absolute atomic E-state index is 5.15. The van der Waals surface area contributed by atoms with E-state index in [2.05, 4.69) is 101 Å². The van der Waals surface area contributed by atoms with Crippen molar-refractivity contribution in [1.29, 1.82) is 0 Å². The third-order valence-corrected chi connectivity index (χ3v) is 9.61. The van der Waals surface area contributed by atoms with Crippen molar-refractivity contribution in [1.82, 2.24) is 9.38 Å². The number of hydrogen-bond donors (Lipinski definition) is 0. The van der Waals surface area contributed by atoms with Crippen LogP contribution in [-0.2, 0) is 0 Å². The zero-order valence-corrected chi connectivity index (χ0v) is 20.1. The Morgan fingerprint density at radius 1 is 0.457 bits per heavy atom. The molecule has 0 saturated heterocycles. The van der Waals surface area contributed by atoms with Gasteiger partial charge in [0.15, 0.2) is 0 Å². The molecule has 0 aliphatic heterocycles. The van der Waals surface area contributed by atoms with Gasteiger partial charge in [0.25, 0.3) is 0 Å². The molecule has 0 unspecified atom stereocenters. The molecule has 0 amide bonds. The molecular weight excluding hydrogens is 464 g/mol. The second-order valence-electron chi connectivity index (χ2n) is 9.22. The molecule has 0 bridgehead atoms. The minimum atomic E-state index is 1.03. The Morgan fingerprint density at radius 2 is 1.09 bits per heavy atom. The van der Waals surface area contributed by atoms with Gasteiger partial charge in [-0.25, -0.2) is 4.98 Å². The molecule has 0 saturated carbocycles. The largest absolute Gasteiger partial charge is 0.292 e. The van der Waals surface area contributed by atoms with Gasteiger partial charge in [-0.15, -0.1) is 22.7 Å². The quantitative estimate of drug-likeness (QED) is 0.198. The van der Waals surface area contributed by atoms with E-state index < -0.39 is 0 Å². The van der Waals surface area contributed by atoms with Crippen molar-refractivity contribution in [2.45, 2.75) is 0 Å². The summed E-state index contributed by atoms with van der Waals surface area (Å²) in [4.78, 5) is 5.15. The third-order valence-electron chi connectivity index (χ3n) is 7.34. The molecule has 0 aliphatic carbocycles. The Morgan fingerprint density at radius 3 is 1.86 bits per heavy atom. The van der Waals surface area contributed by atoms with Crippen molar-refractivity contribution < 1.29 is 0 Å². The van der Waals surface area contributed by atoms with E-state index in [1.165, 1.54) is 62.0 Å². The molecule has 4 heteroatoms. The molecular formula is C31H16N2S2. The van der Waals surface area contributed by atoms with Crippen LogP contribution in [-0.4, -0.2) is 9.38 Å². The van der Waals surface area contributed by atoms with Crippen molar-refractivity contribution in [3.05, 3.63) is 97.1 Å². The van der Waals surface area contributed by atoms with Crippen molar-refractivity contribution in [2.24, 2.45) is 0 Å². The van der Waals surface area contributed by atoms with Crippen LogP contribution in [0.3, 0.4) is 0 Å². The Bertz CT molecular complexity index is 2330. The predicted molar refractivity (Wildman–Crippen MR) is 153 cm³/mol. The standard InChI is InChI=1S/C31H16N2S2/c1-5-11-27-17(7-1)21-13-19-20-15-29-22(18-8-2-6-12-28(18)34-29)14-26(20)33-25-10-4-3-9-24(25)32-31(33)23(19)16-30(21)35-27/h1-16H. The summed E-state index contributed by atoms with van der Waals surface area (Å²) in [6.45, 7) is 0. The fraction of sp³-hybridized carbons (Fsp3) is 0. The highest BCUT2D eigenvalue weighted by Gasteiger charge is 2.17. The maximum Gasteiger partial charge on any atom is 0.146 e. The van der Waals surface area contributed by atoms with Crippen LogP contribution in [0.25, 0.3) is 78.7 Å². The van der Waals surface area contributed by atoms with E-state index in [0.717, 1.165) is 16.7 Å². The van der Waals surface area contributed by atoms with E-state index in [1.54, 1.807) is 0 Å². The number of thiophene rings is 2. The highest BCUT2D eigenvalue weighted by Crippen LogP contribution is 2.43. The smallest absolute Gasteiger partial charge is 0.146 e. The topological polar surface area (TPSA) is 17.3 Å². The Hall–Kier alpha value is -3.99. The first kappa shape index (κ1) is 18.4. The van der Waals surface area contributed by atoms with Crippen LogP contribution >= 0.6 is 22.7 Å². The monoisotopic (exact) mass is 480 g/mol. The van der Waals surface area contributed by atoms with Crippen LogP contribution in [0.4, 0.5) is 0 Å². The zero-order chi connectivity index (χ0) is 22.7. The van der Waals surface area contributed by atoms with Crippen LogP contribution in [0.2, 0.25) is 0 Å². The summed E-state index contributed by atoms with van der Waals surface area (Å²) in [5.74, 6) is 0. The van der Waals surface area contributed by atoms with E-state index in [0.29, 0.717) is 0 Å². The number of aromatic nitrogens is 2. The van der Waals surface area contributed by atoms with Crippen molar-refractivity contribution in [3.8, 4) is 0 Å². The Balaban J connectivity index is 1.60. The van der Waals surface area contributed by atoms with Crippen LogP contribution in [0.15, 0.2) is 97.1 Å². The van der Waals surface area contributed by atoms with E-state index in [9.17, 15) is 0 Å².